The molecule has 21 heavy (non-hydrogen) atoms. The first-order valence-electron chi connectivity index (χ1n) is 6.50. The highest BCUT2D eigenvalue weighted by atomic mass is 16.5. The lowest BCUT2D eigenvalue weighted by atomic mass is 10.2. The van der Waals surface area contributed by atoms with Crippen molar-refractivity contribution < 1.29 is 14.6 Å². The van der Waals surface area contributed by atoms with Gasteiger partial charge in [0.1, 0.15) is 18.5 Å². The van der Waals surface area contributed by atoms with Crippen LogP contribution in [-0.4, -0.2) is 33.5 Å². The Morgan fingerprint density at radius 3 is 2.95 bits per heavy atom. The number of aliphatic hydroxyl groups is 1. The third-order valence-corrected chi connectivity index (χ3v) is 2.89. The molecule has 0 aliphatic carbocycles. The van der Waals surface area contributed by atoms with Gasteiger partial charge in [0.25, 0.3) is 5.91 Å². The van der Waals surface area contributed by atoms with Crippen molar-refractivity contribution in [3.8, 4) is 5.75 Å². The van der Waals surface area contributed by atoms with E-state index in [1.807, 2.05) is 18.2 Å². The Morgan fingerprint density at radius 1 is 1.48 bits per heavy atom. The zero-order chi connectivity index (χ0) is 15.2. The number of hydrogen-bond acceptors (Lipinski definition) is 5. The Hall–Kier alpha value is -2.38. The highest BCUT2D eigenvalue weighted by Gasteiger charge is 2.10. The van der Waals surface area contributed by atoms with Gasteiger partial charge >= 0.3 is 0 Å². The first-order chi connectivity index (χ1) is 10.1. The van der Waals surface area contributed by atoms with Crippen LogP contribution in [-0.2, 0) is 13.1 Å². The van der Waals surface area contributed by atoms with Crippen LogP contribution in [0.5, 0.6) is 5.75 Å². The van der Waals surface area contributed by atoms with Crippen LogP contribution in [0, 0.1) is 0 Å². The molecule has 2 aromatic rings. The molecule has 1 aromatic heterocycles. The summed E-state index contributed by atoms with van der Waals surface area (Å²) in [5.74, 6) is 0.0980. The molecule has 1 aromatic carbocycles. The van der Waals surface area contributed by atoms with Gasteiger partial charge in [-0.05, 0) is 17.7 Å². The molecular weight excluding hydrogens is 272 g/mol. The third kappa shape index (κ3) is 4.30. The molecule has 1 unspecified atom stereocenters. The molecule has 5 N–H and O–H groups in total. The van der Waals surface area contributed by atoms with E-state index in [4.69, 9.17) is 16.2 Å². The Labute approximate surface area is 122 Å². The van der Waals surface area contributed by atoms with E-state index in [0.29, 0.717) is 17.9 Å². The highest BCUT2D eigenvalue weighted by molar-refractivity contribution is 5.92. The predicted molar refractivity (Wildman–Crippen MR) is 76.6 cm³/mol. The van der Waals surface area contributed by atoms with Crippen LogP contribution in [0.3, 0.4) is 0 Å². The van der Waals surface area contributed by atoms with Crippen LogP contribution in [0.25, 0.3) is 0 Å². The molecule has 0 fully saturated rings. The van der Waals surface area contributed by atoms with Crippen LogP contribution < -0.4 is 16.2 Å². The molecule has 0 bridgehead atoms. The minimum absolute atomic E-state index is 0.111. The van der Waals surface area contributed by atoms with Crippen LogP contribution in [0.15, 0.2) is 36.7 Å². The van der Waals surface area contributed by atoms with E-state index in [2.05, 4.69) is 5.10 Å². The summed E-state index contributed by atoms with van der Waals surface area (Å²) in [6.45, 7) is 0.757. The van der Waals surface area contributed by atoms with Crippen LogP contribution in [0.1, 0.15) is 15.9 Å². The van der Waals surface area contributed by atoms with E-state index in [0.717, 1.165) is 5.56 Å². The lowest BCUT2D eigenvalue weighted by Crippen LogP contribution is -2.24. The average Bonchev–Trinajstić information content (AvgIpc) is 2.94. The molecule has 7 nitrogen and oxygen atoms in total. The lowest BCUT2D eigenvalue weighted by molar-refractivity contribution is 0.0891. The molecule has 0 saturated heterocycles. The van der Waals surface area contributed by atoms with Crippen molar-refractivity contribution in [3.05, 3.63) is 47.8 Å². The standard InChI is InChI=1S/C14H18N4O3/c15-5-10-2-1-3-13(4-10)21-9-12(19)8-18-7-11(6-17-18)14(16)20/h1-4,6-7,12,19H,5,8-9,15H2,(H2,16,20). The lowest BCUT2D eigenvalue weighted by Gasteiger charge is -2.13. The van der Waals surface area contributed by atoms with Gasteiger partial charge < -0.3 is 21.3 Å². The third-order valence-electron chi connectivity index (χ3n) is 2.89. The maximum absolute atomic E-state index is 10.9. The van der Waals surface area contributed by atoms with Crippen LogP contribution >= 0.6 is 0 Å². The molecular formula is C14H18N4O3. The van der Waals surface area contributed by atoms with Crippen LogP contribution in [0.4, 0.5) is 0 Å². The second-order valence-electron chi connectivity index (χ2n) is 4.63. The Kier molecular flexibility index (Phi) is 4.91. The van der Waals surface area contributed by atoms with Gasteiger partial charge in [-0.1, -0.05) is 12.1 Å². The number of nitrogens with zero attached hydrogens (tertiary/aromatic N) is 2. The van der Waals surface area contributed by atoms with E-state index in [1.54, 1.807) is 6.07 Å². The van der Waals surface area contributed by atoms with Crippen molar-refractivity contribution in [2.24, 2.45) is 11.5 Å². The number of aliphatic hydroxyl groups excluding tert-OH is 1. The number of primary amides is 1. The molecule has 0 saturated carbocycles. The fraction of sp³-hybridized carbons (Fsp3) is 0.286. The zero-order valence-electron chi connectivity index (χ0n) is 11.5. The SMILES string of the molecule is NCc1cccc(OCC(O)Cn2cc(C(N)=O)cn2)c1. The minimum atomic E-state index is -0.757. The van der Waals surface area contributed by atoms with Gasteiger partial charge in [-0.25, -0.2) is 0 Å². The van der Waals surface area contributed by atoms with Crippen molar-refractivity contribution in [3.63, 3.8) is 0 Å². The molecule has 0 aliphatic rings. The van der Waals surface area contributed by atoms with E-state index in [-0.39, 0.29) is 13.2 Å². The fourth-order valence-corrected chi connectivity index (χ4v) is 1.81. The molecule has 0 spiro atoms. The number of nitrogens with two attached hydrogens (primary N) is 2. The van der Waals surface area contributed by atoms with E-state index in [1.165, 1.54) is 17.1 Å². The summed E-state index contributed by atoms with van der Waals surface area (Å²) in [5, 5.41) is 13.9. The summed E-state index contributed by atoms with van der Waals surface area (Å²) in [6, 6.07) is 7.37. The molecule has 2 rings (SSSR count). The number of benzene rings is 1. The second kappa shape index (κ2) is 6.87. The van der Waals surface area contributed by atoms with Gasteiger partial charge in [0.05, 0.1) is 18.3 Å². The predicted octanol–water partition coefficient (Wildman–Crippen LogP) is -0.119. The minimum Gasteiger partial charge on any atom is -0.491 e. The first-order valence-corrected chi connectivity index (χ1v) is 6.50. The summed E-state index contributed by atoms with van der Waals surface area (Å²) in [7, 11) is 0. The van der Waals surface area contributed by atoms with Gasteiger partial charge in [-0.3, -0.25) is 9.48 Å². The van der Waals surface area contributed by atoms with Crippen molar-refractivity contribution in [1.82, 2.24) is 9.78 Å². The molecule has 1 heterocycles. The van der Waals surface area contributed by atoms with E-state index in [9.17, 15) is 9.90 Å². The van der Waals surface area contributed by atoms with Crippen LogP contribution in [0.2, 0.25) is 0 Å². The zero-order valence-corrected chi connectivity index (χ0v) is 11.5. The summed E-state index contributed by atoms with van der Waals surface area (Å²) in [6.07, 6.45) is 2.09. The topological polar surface area (TPSA) is 116 Å². The number of carbonyl (C=O) groups excluding carboxylic acids is 1. The maximum Gasteiger partial charge on any atom is 0.251 e. The molecule has 1 amide bonds. The summed E-state index contributed by atoms with van der Waals surface area (Å²) < 4.78 is 6.95. The van der Waals surface area contributed by atoms with Gasteiger partial charge in [-0.2, -0.15) is 5.10 Å². The highest BCUT2D eigenvalue weighted by Crippen LogP contribution is 2.13. The van der Waals surface area contributed by atoms with E-state index >= 15 is 0 Å². The monoisotopic (exact) mass is 290 g/mol. The van der Waals surface area contributed by atoms with Gasteiger partial charge in [0.15, 0.2) is 0 Å². The first kappa shape index (κ1) is 15.0. The number of rotatable bonds is 7. The van der Waals surface area contributed by atoms with Crippen molar-refractivity contribution in [2.45, 2.75) is 19.2 Å². The summed E-state index contributed by atoms with van der Waals surface area (Å²) in [5.41, 5.74) is 11.9. The van der Waals surface area contributed by atoms with Crippen molar-refractivity contribution in [2.75, 3.05) is 6.61 Å². The Morgan fingerprint density at radius 2 is 2.29 bits per heavy atom. The largest absolute Gasteiger partial charge is 0.491 e. The molecule has 112 valence electrons. The van der Waals surface area contributed by atoms with Gasteiger partial charge in [0, 0.05) is 12.7 Å². The van der Waals surface area contributed by atoms with E-state index < -0.39 is 12.0 Å². The molecule has 7 heteroatoms. The number of amides is 1. The second-order valence-corrected chi connectivity index (χ2v) is 4.63. The summed E-state index contributed by atoms with van der Waals surface area (Å²) >= 11 is 0. The quantitative estimate of drug-likeness (QED) is 0.657. The molecule has 0 radical (unpaired) electrons. The average molecular weight is 290 g/mol. The molecule has 1 atom stereocenters. The number of ether oxygens (including phenoxy) is 1. The maximum atomic E-state index is 10.9. The molecule has 0 aliphatic heterocycles. The Balaban J connectivity index is 1.86. The smallest absolute Gasteiger partial charge is 0.251 e. The number of hydrogen-bond donors (Lipinski definition) is 3. The summed E-state index contributed by atoms with van der Waals surface area (Å²) in [4.78, 5) is 10.9. The van der Waals surface area contributed by atoms with Gasteiger partial charge in [-0.15, -0.1) is 0 Å². The number of carbonyl (C=O) groups is 1. The van der Waals surface area contributed by atoms with Gasteiger partial charge in [0.2, 0.25) is 0 Å². The number of aromatic nitrogens is 2. The fourth-order valence-electron chi connectivity index (χ4n) is 1.81. The normalized spacial score (nSPS) is 12.1. The Bertz CT molecular complexity index is 612. The van der Waals surface area contributed by atoms with Crippen molar-refractivity contribution in [1.29, 1.82) is 0 Å². The van der Waals surface area contributed by atoms with Crippen molar-refractivity contribution >= 4 is 5.91 Å².